The van der Waals surface area contributed by atoms with Gasteiger partial charge < -0.3 is 14.5 Å². The number of hydrogen-bond acceptors (Lipinski definition) is 4. The van der Waals surface area contributed by atoms with Gasteiger partial charge in [-0.2, -0.15) is 5.10 Å². The fraction of sp³-hybridized carbons (Fsp3) is 0.562. The van der Waals surface area contributed by atoms with Crippen molar-refractivity contribution in [3.63, 3.8) is 0 Å². The second kappa shape index (κ2) is 7.31. The molecule has 2 heterocycles. The average molecular weight is 291 g/mol. The van der Waals surface area contributed by atoms with Gasteiger partial charge in [-0.25, -0.2) is 0 Å². The molecule has 2 aromatic heterocycles. The number of aryl methyl sites for hydroxylation is 2. The molecule has 0 aliphatic carbocycles. The zero-order chi connectivity index (χ0) is 15.2. The molecular weight excluding hydrogens is 266 g/mol. The van der Waals surface area contributed by atoms with Crippen molar-refractivity contribution in [3.05, 3.63) is 35.5 Å². The number of hydrogen-bond donors (Lipinski definition) is 1. The maximum absolute atomic E-state index is 5.52. The second-order valence-electron chi connectivity index (χ2n) is 5.14. The lowest BCUT2D eigenvalue weighted by Crippen LogP contribution is -2.26. The number of rotatable bonds is 8. The second-order valence-corrected chi connectivity index (χ2v) is 5.14. The van der Waals surface area contributed by atoms with Crippen LogP contribution in [0, 0.1) is 6.92 Å². The van der Waals surface area contributed by atoms with Gasteiger partial charge in [-0.3, -0.25) is 4.68 Å². The lowest BCUT2D eigenvalue weighted by Gasteiger charge is -2.21. The molecule has 0 aliphatic rings. The quantitative estimate of drug-likeness (QED) is 0.811. The summed E-state index contributed by atoms with van der Waals surface area (Å²) in [5.41, 5.74) is 2.21. The SMILES string of the molecule is CCCNC(c1ccoc1C)c1c(OC)cnn1CCC. The third-order valence-corrected chi connectivity index (χ3v) is 3.58. The minimum Gasteiger partial charge on any atom is -0.493 e. The molecule has 0 radical (unpaired) electrons. The molecule has 1 unspecified atom stereocenters. The molecule has 0 aromatic carbocycles. The number of aromatic nitrogens is 2. The van der Waals surface area contributed by atoms with Gasteiger partial charge in [-0.05, 0) is 32.4 Å². The van der Waals surface area contributed by atoms with Gasteiger partial charge >= 0.3 is 0 Å². The van der Waals surface area contributed by atoms with Crippen LogP contribution in [0.15, 0.2) is 22.9 Å². The first kappa shape index (κ1) is 15.6. The third-order valence-electron chi connectivity index (χ3n) is 3.58. The van der Waals surface area contributed by atoms with Crippen LogP contribution in [-0.2, 0) is 6.54 Å². The van der Waals surface area contributed by atoms with Crippen LogP contribution in [0.5, 0.6) is 5.75 Å². The van der Waals surface area contributed by atoms with Gasteiger partial charge in [0.05, 0.1) is 25.6 Å². The van der Waals surface area contributed by atoms with Crippen LogP contribution in [0.1, 0.15) is 49.7 Å². The summed E-state index contributed by atoms with van der Waals surface area (Å²) in [5, 5.41) is 8.05. The van der Waals surface area contributed by atoms with Gasteiger partial charge in [0, 0.05) is 12.1 Å². The molecule has 0 aliphatic heterocycles. The molecule has 1 atom stereocenters. The Labute approximate surface area is 126 Å². The van der Waals surface area contributed by atoms with Crippen molar-refractivity contribution < 1.29 is 9.15 Å². The van der Waals surface area contributed by atoms with E-state index in [1.54, 1.807) is 19.6 Å². The maximum atomic E-state index is 5.52. The Kier molecular flexibility index (Phi) is 5.44. The van der Waals surface area contributed by atoms with Crippen LogP contribution in [0.2, 0.25) is 0 Å². The fourth-order valence-electron chi connectivity index (χ4n) is 2.55. The molecule has 0 bridgehead atoms. The monoisotopic (exact) mass is 291 g/mol. The Bertz CT molecular complexity index is 560. The first-order valence-electron chi connectivity index (χ1n) is 7.59. The Morgan fingerprint density at radius 2 is 2.19 bits per heavy atom. The van der Waals surface area contributed by atoms with E-state index in [1.807, 2.05) is 17.7 Å². The molecule has 116 valence electrons. The number of methoxy groups -OCH3 is 1. The van der Waals surface area contributed by atoms with E-state index in [0.29, 0.717) is 0 Å². The highest BCUT2D eigenvalue weighted by atomic mass is 16.5. The lowest BCUT2D eigenvalue weighted by molar-refractivity contribution is 0.396. The van der Waals surface area contributed by atoms with E-state index in [-0.39, 0.29) is 6.04 Å². The Hall–Kier alpha value is -1.75. The fourth-order valence-corrected chi connectivity index (χ4v) is 2.55. The van der Waals surface area contributed by atoms with E-state index in [0.717, 1.165) is 48.7 Å². The van der Waals surface area contributed by atoms with Gasteiger partial charge in [-0.1, -0.05) is 13.8 Å². The molecule has 1 N–H and O–H groups in total. The summed E-state index contributed by atoms with van der Waals surface area (Å²) < 4.78 is 13.0. The van der Waals surface area contributed by atoms with E-state index in [1.165, 1.54) is 0 Å². The van der Waals surface area contributed by atoms with Crippen LogP contribution in [0.25, 0.3) is 0 Å². The third kappa shape index (κ3) is 3.29. The van der Waals surface area contributed by atoms with E-state index >= 15 is 0 Å². The van der Waals surface area contributed by atoms with Crippen molar-refractivity contribution in [3.8, 4) is 5.75 Å². The summed E-state index contributed by atoms with van der Waals surface area (Å²) in [6.45, 7) is 8.10. The molecule has 0 spiro atoms. The number of nitrogens with zero attached hydrogens (tertiary/aromatic N) is 2. The van der Waals surface area contributed by atoms with Gasteiger partial charge in [-0.15, -0.1) is 0 Å². The Morgan fingerprint density at radius 3 is 2.76 bits per heavy atom. The molecule has 0 fully saturated rings. The molecule has 2 aromatic rings. The van der Waals surface area contributed by atoms with Crippen molar-refractivity contribution >= 4 is 0 Å². The number of furan rings is 1. The molecular formula is C16H25N3O2. The van der Waals surface area contributed by atoms with Crippen molar-refractivity contribution in [2.24, 2.45) is 0 Å². The number of ether oxygens (including phenoxy) is 1. The van der Waals surface area contributed by atoms with Gasteiger partial charge in [0.25, 0.3) is 0 Å². The van der Waals surface area contributed by atoms with E-state index in [4.69, 9.17) is 9.15 Å². The predicted octanol–water partition coefficient (Wildman–Crippen LogP) is 3.29. The predicted molar refractivity (Wildman–Crippen MR) is 82.7 cm³/mol. The van der Waals surface area contributed by atoms with Crippen molar-refractivity contribution in [1.82, 2.24) is 15.1 Å². The average Bonchev–Trinajstić information content (AvgIpc) is 3.08. The largest absolute Gasteiger partial charge is 0.493 e. The first-order valence-corrected chi connectivity index (χ1v) is 7.59. The van der Waals surface area contributed by atoms with Gasteiger partial charge in [0.15, 0.2) is 5.75 Å². The standard InChI is InChI=1S/C16H25N3O2/c1-5-8-17-15(13-7-10-21-12(13)3)16-14(20-4)11-18-19(16)9-6-2/h7,10-11,15,17H,5-6,8-9H2,1-4H3. The van der Waals surface area contributed by atoms with Crippen molar-refractivity contribution in [2.75, 3.05) is 13.7 Å². The summed E-state index contributed by atoms with van der Waals surface area (Å²) in [6.07, 6.45) is 5.62. The molecule has 0 amide bonds. The van der Waals surface area contributed by atoms with Gasteiger partial charge in [0.2, 0.25) is 0 Å². The summed E-state index contributed by atoms with van der Waals surface area (Å²) in [6, 6.07) is 2.05. The molecule has 5 heteroatoms. The Balaban J connectivity index is 2.45. The number of nitrogens with one attached hydrogen (secondary N) is 1. The summed E-state index contributed by atoms with van der Waals surface area (Å²) >= 11 is 0. The highest BCUT2D eigenvalue weighted by molar-refractivity contribution is 5.37. The molecule has 0 saturated carbocycles. The van der Waals surface area contributed by atoms with Crippen molar-refractivity contribution in [1.29, 1.82) is 0 Å². The smallest absolute Gasteiger partial charge is 0.161 e. The van der Waals surface area contributed by atoms with Crippen LogP contribution in [0.4, 0.5) is 0 Å². The van der Waals surface area contributed by atoms with E-state index < -0.39 is 0 Å². The maximum Gasteiger partial charge on any atom is 0.161 e. The first-order chi connectivity index (χ1) is 10.2. The summed E-state index contributed by atoms with van der Waals surface area (Å²) in [4.78, 5) is 0. The van der Waals surface area contributed by atoms with Gasteiger partial charge in [0.1, 0.15) is 11.5 Å². The lowest BCUT2D eigenvalue weighted by atomic mass is 10.0. The zero-order valence-electron chi connectivity index (χ0n) is 13.3. The summed E-state index contributed by atoms with van der Waals surface area (Å²) in [7, 11) is 1.69. The zero-order valence-corrected chi connectivity index (χ0v) is 13.3. The van der Waals surface area contributed by atoms with E-state index in [2.05, 4.69) is 24.3 Å². The van der Waals surface area contributed by atoms with Crippen molar-refractivity contribution in [2.45, 2.75) is 46.2 Å². The highest BCUT2D eigenvalue weighted by Crippen LogP contribution is 2.32. The van der Waals surface area contributed by atoms with Crippen LogP contribution in [0.3, 0.4) is 0 Å². The molecule has 5 nitrogen and oxygen atoms in total. The Morgan fingerprint density at radius 1 is 1.38 bits per heavy atom. The van der Waals surface area contributed by atoms with E-state index in [9.17, 15) is 0 Å². The van der Waals surface area contributed by atoms with Crippen LogP contribution < -0.4 is 10.1 Å². The topological polar surface area (TPSA) is 52.2 Å². The summed E-state index contributed by atoms with van der Waals surface area (Å²) in [5.74, 6) is 1.74. The normalized spacial score (nSPS) is 12.6. The molecule has 21 heavy (non-hydrogen) atoms. The molecule has 2 rings (SSSR count). The van der Waals surface area contributed by atoms with Crippen LogP contribution >= 0.6 is 0 Å². The minimum absolute atomic E-state index is 0.0349. The molecule has 0 saturated heterocycles. The highest BCUT2D eigenvalue weighted by Gasteiger charge is 2.25. The van der Waals surface area contributed by atoms with Crippen LogP contribution in [-0.4, -0.2) is 23.4 Å². The minimum atomic E-state index is 0.0349.